The molecule has 1 rings (SSSR count). The largest absolute Gasteiger partial charge is 0.491 e. The molecule has 0 saturated heterocycles. The molecule has 0 aliphatic carbocycles. The third-order valence-corrected chi connectivity index (χ3v) is 2.93. The van der Waals surface area contributed by atoms with E-state index in [4.69, 9.17) is 4.74 Å². The number of rotatable bonds is 5. The first-order valence-electron chi connectivity index (χ1n) is 6.20. The van der Waals surface area contributed by atoms with Crippen molar-refractivity contribution in [3.05, 3.63) is 29.8 Å². The Hall–Kier alpha value is -1.23. The van der Waals surface area contributed by atoms with Gasteiger partial charge < -0.3 is 9.84 Å². The van der Waals surface area contributed by atoms with Gasteiger partial charge in [0.25, 0.3) is 0 Å². The second-order valence-corrected chi connectivity index (χ2v) is 4.93. The van der Waals surface area contributed by atoms with E-state index in [1.165, 1.54) is 12.1 Å². The summed E-state index contributed by atoms with van der Waals surface area (Å²) in [6.07, 6.45) is -4.80. The number of halogens is 3. The van der Waals surface area contributed by atoms with E-state index in [2.05, 4.69) is 0 Å². The number of hydrogen-bond acceptors (Lipinski definition) is 2. The minimum absolute atomic E-state index is 0.0431. The van der Waals surface area contributed by atoms with Gasteiger partial charge >= 0.3 is 6.18 Å². The van der Waals surface area contributed by atoms with Crippen molar-refractivity contribution in [1.29, 1.82) is 0 Å². The maximum Gasteiger partial charge on any atom is 0.392 e. The van der Waals surface area contributed by atoms with Crippen LogP contribution in [-0.4, -0.2) is 17.4 Å². The van der Waals surface area contributed by atoms with E-state index in [0.29, 0.717) is 5.75 Å². The summed E-state index contributed by atoms with van der Waals surface area (Å²) in [6.45, 7) is 5.05. The van der Waals surface area contributed by atoms with Crippen LogP contribution in [0.2, 0.25) is 0 Å². The normalized spacial score (nSPS) is 16.8. The molecule has 2 atom stereocenters. The summed E-state index contributed by atoms with van der Waals surface area (Å²) in [5, 5.41) is 9.88. The standard InChI is InChI=1S/C14H19F3O2/c1-4-10(2)19-12-7-5-11(6-8-12)13(3,18)9-14(15,16)17/h5-8,10,18H,4,9H2,1-3H3. The third kappa shape index (κ3) is 5.11. The Morgan fingerprint density at radius 3 is 2.16 bits per heavy atom. The molecule has 0 aromatic heterocycles. The van der Waals surface area contributed by atoms with Crippen molar-refractivity contribution in [2.75, 3.05) is 0 Å². The molecule has 0 saturated carbocycles. The van der Waals surface area contributed by atoms with E-state index in [9.17, 15) is 18.3 Å². The number of alkyl halides is 3. The fourth-order valence-corrected chi connectivity index (χ4v) is 1.70. The third-order valence-electron chi connectivity index (χ3n) is 2.93. The van der Waals surface area contributed by atoms with Gasteiger partial charge in [-0.25, -0.2) is 0 Å². The molecule has 0 fully saturated rings. The molecule has 5 heteroatoms. The van der Waals surface area contributed by atoms with Crippen molar-refractivity contribution in [3.8, 4) is 5.75 Å². The Labute approximate surface area is 111 Å². The highest BCUT2D eigenvalue weighted by Gasteiger charge is 2.39. The lowest BCUT2D eigenvalue weighted by Crippen LogP contribution is -2.28. The van der Waals surface area contributed by atoms with E-state index in [0.717, 1.165) is 13.3 Å². The van der Waals surface area contributed by atoms with Gasteiger partial charge in [-0.2, -0.15) is 13.2 Å². The zero-order chi connectivity index (χ0) is 14.7. The van der Waals surface area contributed by atoms with Crippen LogP contribution >= 0.6 is 0 Å². The van der Waals surface area contributed by atoms with Gasteiger partial charge in [-0.3, -0.25) is 0 Å². The molecular weight excluding hydrogens is 257 g/mol. The van der Waals surface area contributed by atoms with Gasteiger partial charge in [-0.15, -0.1) is 0 Å². The highest BCUT2D eigenvalue weighted by molar-refractivity contribution is 5.30. The average molecular weight is 276 g/mol. The van der Waals surface area contributed by atoms with Gasteiger partial charge in [-0.05, 0) is 38.0 Å². The lowest BCUT2D eigenvalue weighted by Gasteiger charge is -2.25. The minimum Gasteiger partial charge on any atom is -0.491 e. The van der Waals surface area contributed by atoms with Crippen LogP contribution in [0.3, 0.4) is 0 Å². The molecule has 0 radical (unpaired) electrons. The summed E-state index contributed by atoms with van der Waals surface area (Å²) in [6, 6.07) is 6.07. The summed E-state index contributed by atoms with van der Waals surface area (Å²) in [7, 11) is 0. The van der Waals surface area contributed by atoms with Gasteiger partial charge in [0.05, 0.1) is 18.1 Å². The maximum absolute atomic E-state index is 12.3. The zero-order valence-electron chi connectivity index (χ0n) is 11.3. The molecule has 0 aliphatic heterocycles. The van der Waals surface area contributed by atoms with E-state index in [1.807, 2.05) is 13.8 Å². The van der Waals surface area contributed by atoms with Crippen LogP contribution in [0.1, 0.15) is 39.2 Å². The molecular formula is C14H19F3O2. The van der Waals surface area contributed by atoms with Gasteiger partial charge in [-0.1, -0.05) is 19.1 Å². The van der Waals surface area contributed by atoms with Gasteiger partial charge in [0.1, 0.15) is 5.75 Å². The fourth-order valence-electron chi connectivity index (χ4n) is 1.70. The van der Waals surface area contributed by atoms with Crippen molar-refractivity contribution >= 4 is 0 Å². The van der Waals surface area contributed by atoms with Crippen molar-refractivity contribution in [2.24, 2.45) is 0 Å². The first kappa shape index (κ1) is 15.8. The first-order chi connectivity index (χ1) is 8.64. The van der Waals surface area contributed by atoms with Crippen LogP contribution in [0.25, 0.3) is 0 Å². The SMILES string of the molecule is CCC(C)Oc1ccc(C(C)(O)CC(F)(F)F)cc1. The van der Waals surface area contributed by atoms with Crippen molar-refractivity contribution < 1.29 is 23.0 Å². The van der Waals surface area contributed by atoms with Gasteiger partial charge in [0.2, 0.25) is 0 Å². The lowest BCUT2D eigenvalue weighted by atomic mass is 9.92. The summed E-state index contributed by atoms with van der Waals surface area (Å²) < 4.78 is 42.6. The number of ether oxygens (including phenoxy) is 1. The predicted molar refractivity (Wildman–Crippen MR) is 67.1 cm³/mol. The topological polar surface area (TPSA) is 29.5 Å². The van der Waals surface area contributed by atoms with Crippen molar-refractivity contribution in [1.82, 2.24) is 0 Å². The Kier molecular flexibility index (Phi) is 4.85. The molecule has 2 unspecified atom stereocenters. The highest BCUT2D eigenvalue weighted by Crippen LogP contribution is 2.34. The number of hydrogen-bond donors (Lipinski definition) is 1. The van der Waals surface area contributed by atoms with Crippen molar-refractivity contribution in [3.63, 3.8) is 0 Å². The van der Waals surface area contributed by atoms with E-state index >= 15 is 0 Å². The van der Waals surface area contributed by atoms with E-state index in [1.54, 1.807) is 12.1 Å². The minimum atomic E-state index is -4.41. The van der Waals surface area contributed by atoms with Crippen molar-refractivity contribution in [2.45, 2.75) is 51.5 Å². The molecule has 0 aliphatic rings. The molecule has 0 amide bonds. The zero-order valence-corrected chi connectivity index (χ0v) is 11.3. The van der Waals surface area contributed by atoms with Crippen LogP contribution in [0.5, 0.6) is 5.75 Å². The number of benzene rings is 1. The van der Waals surface area contributed by atoms with Crippen LogP contribution in [0.4, 0.5) is 13.2 Å². The average Bonchev–Trinajstić information content (AvgIpc) is 2.26. The summed E-state index contributed by atoms with van der Waals surface area (Å²) in [5.74, 6) is 0.584. The summed E-state index contributed by atoms with van der Waals surface area (Å²) in [4.78, 5) is 0. The van der Waals surface area contributed by atoms with Gasteiger partial charge in [0, 0.05) is 0 Å². The second-order valence-electron chi connectivity index (χ2n) is 4.93. The lowest BCUT2D eigenvalue weighted by molar-refractivity contribution is -0.174. The summed E-state index contributed by atoms with van der Waals surface area (Å²) >= 11 is 0. The van der Waals surface area contributed by atoms with E-state index < -0.39 is 18.2 Å². The molecule has 1 N–H and O–H groups in total. The van der Waals surface area contributed by atoms with Crippen LogP contribution < -0.4 is 4.74 Å². The smallest absolute Gasteiger partial charge is 0.392 e. The predicted octanol–water partition coefficient (Wildman–Crippen LogP) is 4.02. The van der Waals surface area contributed by atoms with Crippen LogP contribution in [0.15, 0.2) is 24.3 Å². The first-order valence-corrected chi connectivity index (χ1v) is 6.20. The molecule has 1 aromatic carbocycles. The molecule has 0 bridgehead atoms. The molecule has 2 nitrogen and oxygen atoms in total. The summed E-state index contributed by atoms with van der Waals surface area (Å²) in [5.41, 5.74) is -1.70. The quantitative estimate of drug-likeness (QED) is 0.880. The molecule has 108 valence electrons. The number of aliphatic hydroxyl groups is 1. The van der Waals surface area contributed by atoms with Crippen LogP contribution in [0, 0.1) is 0 Å². The van der Waals surface area contributed by atoms with Gasteiger partial charge in [0.15, 0.2) is 0 Å². The highest BCUT2D eigenvalue weighted by atomic mass is 19.4. The molecule has 0 heterocycles. The van der Waals surface area contributed by atoms with Crippen LogP contribution in [-0.2, 0) is 5.60 Å². The Bertz CT molecular complexity index is 396. The fraction of sp³-hybridized carbons (Fsp3) is 0.571. The molecule has 0 spiro atoms. The Morgan fingerprint density at radius 2 is 1.74 bits per heavy atom. The Morgan fingerprint density at radius 1 is 1.21 bits per heavy atom. The monoisotopic (exact) mass is 276 g/mol. The Balaban J connectivity index is 2.80. The van der Waals surface area contributed by atoms with E-state index in [-0.39, 0.29) is 11.7 Å². The second kappa shape index (κ2) is 5.82. The maximum atomic E-state index is 12.3. The molecule has 1 aromatic rings. The molecule has 19 heavy (non-hydrogen) atoms.